The Morgan fingerprint density at radius 1 is 1.44 bits per heavy atom. The second kappa shape index (κ2) is 6.80. The summed E-state index contributed by atoms with van der Waals surface area (Å²) in [6, 6.07) is 0. The molecule has 1 amide bonds. The molecule has 0 radical (unpaired) electrons. The third-order valence-electron chi connectivity index (χ3n) is 3.12. The third kappa shape index (κ3) is 5.61. The smallest absolute Gasteiger partial charge is 0.230 e. The van der Waals surface area contributed by atoms with E-state index in [1.807, 2.05) is 0 Å². The minimum absolute atomic E-state index is 0.143. The van der Waals surface area contributed by atoms with Crippen LogP contribution >= 0.6 is 11.8 Å². The Labute approximate surface area is 115 Å². The van der Waals surface area contributed by atoms with Gasteiger partial charge in [-0.2, -0.15) is 0 Å². The molecule has 1 fully saturated rings. The van der Waals surface area contributed by atoms with Gasteiger partial charge in [0.05, 0.1) is 11.9 Å². The van der Waals surface area contributed by atoms with Crippen LogP contribution in [0.2, 0.25) is 0 Å². The van der Waals surface area contributed by atoms with Crippen molar-refractivity contribution in [2.75, 3.05) is 18.9 Å². The average Bonchev–Trinajstić information content (AvgIpc) is 2.70. The summed E-state index contributed by atoms with van der Waals surface area (Å²) in [6.45, 7) is 12.3. The van der Waals surface area contributed by atoms with Crippen molar-refractivity contribution in [3.05, 3.63) is 0 Å². The standard InChI is InChI=1S/C14H27NO2S/c1-10(2)13-11(6-7-17-13)8-15-12(16)9-18-14(3,4)5/h10-11,13H,6-9H2,1-5H3,(H,15,16)/t11-,13+/m1/s1. The van der Waals surface area contributed by atoms with Gasteiger partial charge < -0.3 is 10.1 Å². The highest BCUT2D eigenvalue weighted by molar-refractivity contribution is 8.01. The molecule has 2 atom stereocenters. The largest absolute Gasteiger partial charge is 0.378 e. The predicted octanol–water partition coefficient (Wildman–Crippen LogP) is 2.70. The van der Waals surface area contributed by atoms with Crippen molar-refractivity contribution in [1.82, 2.24) is 5.32 Å². The maximum atomic E-state index is 11.8. The lowest BCUT2D eigenvalue weighted by molar-refractivity contribution is -0.118. The minimum atomic E-state index is 0.143. The Bertz CT molecular complexity index is 273. The van der Waals surface area contributed by atoms with Gasteiger partial charge in [0.2, 0.25) is 5.91 Å². The van der Waals surface area contributed by atoms with E-state index >= 15 is 0 Å². The molecule has 18 heavy (non-hydrogen) atoms. The van der Waals surface area contributed by atoms with Crippen LogP contribution in [0.5, 0.6) is 0 Å². The Kier molecular flexibility index (Phi) is 5.99. The van der Waals surface area contributed by atoms with E-state index in [4.69, 9.17) is 4.74 Å². The van der Waals surface area contributed by atoms with E-state index in [1.165, 1.54) is 0 Å². The molecule has 106 valence electrons. The summed E-state index contributed by atoms with van der Waals surface area (Å²) in [5.74, 6) is 1.69. The van der Waals surface area contributed by atoms with Gasteiger partial charge in [-0.3, -0.25) is 4.79 Å². The number of thioether (sulfide) groups is 1. The molecule has 4 heteroatoms. The van der Waals surface area contributed by atoms with Gasteiger partial charge in [0.15, 0.2) is 0 Å². The zero-order valence-corrected chi connectivity index (χ0v) is 13.1. The monoisotopic (exact) mass is 273 g/mol. The summed E-state index contributed by atoms with van der Waals surface area (Å²) in [7, 11) is 0. The van der Waals surface area contributed by atoms with Crippen molar-refractivity contribution in [2.24, 2.45) is 11.8 Å². The molecular formula is C14H27NO2S. The normalized spacial score (nSPS) is 24.6. The molecular weight excluding hydrogens is 246 g/mol. The molecule has 0 aromatic heterocycles. The van der Waals surface area contributed by atoms with Gasteiger partial charge >= 0.3 is 0 Å². The van der Waals surface area contributed by atoms with E-state index in [0.717, 1.165) is 19.6 Å². The number of ether oxygens (including phenoxy) is 1. The molecule has 3 nitrogen and oxygen atoms in total. The summed E-state index contributed by atoms with van der Waals surface area (Å²) in [6.07, 6.45) is 1.37. The van der Waals surface area contributed by atoms with Gasteiger partial charge in [0, 0.05) is 23.8 Å². The van der Waals surface area contributed by atoms with Crippen LogP contribution in [0, 0.1) is 11.8 Å². The summed E-state index contributed by atoms with van der Waals surface area (Å²) in [4.78, 5) is 11.8. The highest BCUT2D eigenvalue weighted by Gasteiger charge is 2.30. The van der Waals surface area contributed by atoms with Crippen molar-refractivity contribution in [1.29, 1.82) is 0 Å². The molecule has 0 aliphatic carbocycles. The van der Waals surface area contributed by atoms with Crippen LogP contribution in [0.4, 0.5) is 0 Å². The molecule has 1 aliphatic heterocycles. The topological polar surface area (TPSA) is 38.3 Å². The highest BCUT2D eigenvalue weighted by atomic mass is 32.2. The molecule has 0 saturated carbocycles. The second-order valence-electron chi connectivity index (χ2n) is 6.33. The van der Waals surface area contributed by atoms with E-state index in [9.17, 15) is 4.79 Å². The Morgan fingerprint density at radius 2 is 2.11 bits per heavy atom. The first-order valence-corrected chi connectivity index (χ1v) is 7.80. The summed E-state index contributed by atoms with van der Waals surface area (Å²) in [5, 5.41) is 3.04. The van der Waals surface area contributed by atoms with E-state index in [0.29, 0.717) is 23.7 Å². The quantitative estimate of drug-likeness (QED) is 0.837. The molecule has 1 rings (SSSR count). The zero-order chi connectivity index (χ0) is 13.8. The second-order valence-corrected chi connectivity index (χ2v) is 8.14. The first-order chi connectivity index (χ1) is 8.29. The van der Waals surface area contributed by atoms with E-state index < -0.39 is 0 Å². The van der Waals surface area contributed by atoms with Crippen molar-refractivity contribution >= 4 is 17.7 Å². The van der Waals surface area contributed by atoms with E-state index in [1.54, 1.807) is 11.8 Å². The van der Waals surface area contributed by atoms with Gasteiger partial charge in [-0.25, -0.2) is 0 Å². The van der Waals surface area contributed by atoms with Gasteiger partial charge in [-0.15, -0.1) is 11.8 Å². The van der Waals surface area contributed by atoms with Crippen molar-refractivity contribution in [2.45, 2.75) is 51.9 Å². The maximum Gasteiger partial charge on any atom is 0.230 e. The third-order valence-corrected chi connectivity index (χ3v) is 4.39. The van der Waals surface area contributed by atoms with E-state index in [2.05, 4.69) is 39.9 Å². The van der Waals surface area contributed by atoms with Crippen molar-refractivity contribution < 1.29 is 9.53 Å². The zero-order valence-electron chi connectivity index (χ0n) is 12.3. The van der Waals surface area contributed by atoms with Crippen molar-refractivity contribution in [3.63, 3.8) is 0 Å². The molecule has 0 aromatic carbocycles. The Hall–Kier alpha value is -0.220. The fourth-order valence-corrected chi connectivity index (χ4v) is 2.86. The highest BCUT2D eigenvalue weighted by Crippen LogP contribution is 2.26. The fourth-order valence-electron chi connectivity index (χ4n) is 2.19. The minimum Gasteiger partial charge on any atom is -0.378 e. The molecule has 0 aromatic rings. The summed E-state index contributed by atoms with van der Waals surface area (Å²) >= 11 is 1.69. The van der Waals surface area contributed by atoms with Crippen molar-refractivity contribution in [3.8, 4) is 0 Å². The summed E-state index contributed by atoms with van der Waals surface area (Å²) < 4.78 is 5.86. The number of carbonyl (C=O) groups excluding carboxylic acids is 1. The number of nitrogens with one attached hydrogen (secondary N) is 1. The molecule has 1 N–H and O–H groups in total. The molecule has 0 bridgehead atoms. The predicted molar refractivity (Wildman–Crippen MR) is 77.9 cm³/mol. The van der Waals surface area contributed by atoms with Crippen LogP contribution in [0.15, 0.2) is 0 Å². The average molecular weight is 273 g/mol. The number of hydrogen-bond acceptors (Lipinski definition) is 3. The number of carbonyl (C=O) groups is 1. The van der Waals surface area contributed by atoms with Crippen LogP contribution < -0.4 is 5.32 Å². The Morgan fingerprint density at radius 3 is 2.67 bits per heavy atom. The van der Waals surface area contributed by atoms with Crippen LogP contribution in [-0.2, 0) is 9.53 Å². The Balaban J connectivity index is 2.26. The number of hydrogen-bond donors (Lipinski definition) is 1. The van der Waals surface area contributed by atoms with Gasteiger partial charge in [0.1, 0.15) is 0 Å². The molecule has 1 heterocycles. The van der Waals surface area contributed by atoms with Crippen LogP contribution in [-0.4, -0.2) is 35.7 Å². The molecule has 1 saturated heterocycles. The molecule has 1 aliphatic rings. The lowest BCUT2D eigenvalue weighted by Crippen LogP contribution is -2.36. The molecule has 0 spiro atoms. The fraction of sp³-hybridized carbons (Fsp3) is 0.929. The lowest BCUT2D eigenvalue weighted by atomic mass is 9.93. The molecule has 0 unspecified atom stereocenters. The first kappa shape index (κ1) is 15.8. The van der Waals surface area contributed by atoms with Gasteiger partial charge in [0.25, 0.3) is 0 Å². The van der Waals surface area contributed by atoms with Gasteiger partial charge in [-0.05, 0) is 12.3 Å². The van der Waals surface area contributed by atoms with Gasteiger partial charge in [-0.1, -0.05) is 34.6 Å². The van der Waals surface area contributed by atoms with Crippen LogP contribution in [0.3, 0.4) is 0 Å². The lowest BCUT2D eigenvalue weighted by Gasteiger charge is -2.22. The number of rotatable bonds is 5. The van der Waals surface area contributed by atoms with E-state index in [-0.39, 0.29) is 10.7 Å². The number of amides is 1. The van der Waals surface area contributed by atoms with Crippen LogP contribution in [0.1, 0.15) is 41.0 Å². The SMILES string of the molecule is CC(C)[C@@H]1OCC[C@@H]1CNC(=O)CSC(C)(C)C. The van der Waals surface area contributed by atoms with Crippen LogP contribution in [0.25, 0.3) is 0 Å². The summed E-state index contributed by atoms with van der Waals surface area (Å²) in [5.41, 5.74) is 0. The first-order valence-electron chi connectivity index (χ1n) is 6.82. The maximum absolute atomic E-state index is 11.8.